The molecule has 2 aliphatic rings. The lowest BCUT2D eigenvalue weighted by atomic mass is 9.79. The zero-order valence-corrected chi connectivity index (χ0v) is 32.1. The number of fused-ring (bicyclic) bond motifs is 2. The van der Waals surface area contributed by atoms with E-state index < -0.39 is 11.8 Å². The molecular weight excluding hydrogens is 652 g/mol. The van der Waals surface area contributed by atoms with Crippen molar-refractivity contribution >= 4 is 35.4 Å². The molecule has 0 aliphatic heterocycles. The van der Waals surface area contributed by atoms with E-state index in [1.54, 1.807) is 36.5 Å². The molecule has 0 spiro atoms. The fourth-order valence-corrected chi connectivity index (χ4v) is 7.49. The molecule has 2 unspecified atom stereocenters. The summed E-state index contributed by atoms with van der Waals surface area (Å²) in [5, 5.41) is 17.8. The Kier molecular flexibility index (Phi) is 16.5. The Balaban J connectivity index is 0.000000505. The van der Waals surface area contributed by atoms with Gasteiger partial charge in [-0.2, -0.15) is 0 Å². The van der Waals surface area contributed by atoms with Crippen LogP contribution in [-0.4, -0.2) is 36.3 Å². The van der Waals surface area contributed by atoms with Gasteiger partial charge in [0.2, 0.25) is 17.7 Å². The van der Waals surface area contributed by atoms with E-state index in [0.717, 1.165) is 43.4 Å². The maximum Gasteiger partial charge on any atom is 0.243 e. The van der Waals surface area contributed by atoms with Crippen molar-refractivity contribution < 1.29 is 24.4 Å². The minimum absolute atomic E-state index is 0.0190. The Hall–Kier alpha value is -4.50. The number of allylic oxidation sites excluding steroid dienone is 3. The number of nitrogens with one attached hydrogen (secondary N) is 4. The highest BCUT2D eigenvalue weighted by molar-refractivity contribution is 6.03. The first-order valence-electron chi connectivity index (χ1n) is 18.7. The van der Waals surface area contributed by atoms with E-state index in [1.807, 2.05) is 40.0 Å². The van der Waals surface area contributed by atoms with Crippen molar-refractivity contribution in [1.82, 2.24) is 10.8 Å². The van der Waals surface area contributed by atoms with Gasteiger partial charge in [0.1, 0.15) is 12.2 Å². The molecule has 282 valence electrons. The van der Waals surface area contributed by atoms with Gasteiger partial charge in [-0.15, -0.1) is 0 Å². The van der Waals surface area contributed by atoms with E-state index >= 15 is 0 Å². The molecule has 9 nitrogen and oxygen atoms in total. The number of hydrogen-bond acceptors (Lipinski definition) is 6. The van der Waals surface area contributed by atoms with E-state index in [9.17, 15) is 19.2 Å². The Labute approximate surface area is 310 Å². The SMILES string of the molecule is C=C/C(=C\C(C)=C(/C)C(C=O)C(=O)Nc1cccc2c1CCCCC2)NC(=O)CC(C)(C)CC(C)CC(=O)NO.CNc1cccc2c1CCCC2. The molecule has 2 aromatic rings. The van der Waals surface area contributed by atoms with Crippen LogP contribution in [0.3, 0.4) is 0 Å². The van der Waals surface area contributed by atoms with Gasteiger partial charge in [0.05, 0.1) is 0 Å². The third kappa shape index (κ3) is 12.6. The van der Waals surface area contributed by atoms with E-state index in [0.29, 0.717) is 29.6 Å². The van der Waals surface area contributed by atoms with Crippen LogP contribution in [0.15, 0.2) is 72.0 Å². The molecule has 0 radical (unpaired) electrons. The number of benzene rings is 2. The largest absolute Gasteiger partial charge is 0.388 e. The Morgan fingerprint density at radius 1 is 0.885 bits per heavy atom. The van der Waals surface area contributed by atoms with Gasteiger partial charge in [-0.05, 0) is 135 Å². The average molecular weight is 713 g/mol. The molecule has 52 heavy (non-hydrogen) atoms. The molecule has 2 aliphatic carbocycles. The summed E-state index contributed by atoms with van der Waals surface area (Å²) in [5.74, 6) is -2.04. The van der Waals surface area contributed by atoms with Gasteiger partial charge in [-0.25, -0.2) is 5.48 Å². The standard InChI is InChI=1S/C32H45N3O5.C11H15N/c1-7-25(33-30(38)19-32(5,6)18-21(2)16-29(37)35-40)17-22(3)23(4)27(20-36)31(39)34-28-15-11-13-24-12-9-8-10-14-26(24)28;1-12-11-8-4-6-9-5-2-3-7-10(9)11/h7,11,13,15,17,20-21,27,40H,1,8-10,12,14,16,18-19H2,2-6H3,(H,33,38)(H,34,39)(H,35,37);4,6,8,12H,2-3,5,7H2,1H3/b23-22+,25-17+;. The van der Waals surface area contributed by atoms with Crippen LogP contribution in [0.2, 0.25) is 0 Å². The smallest absolute Gasteiger partial charge is 0.243 e. The number of aldehydes is 1. The minimum Gasteiger partial charge on any atom is -0.388 e. The van der Waals surface area contributed by atoms with Crippen molar-refractivity contribution in [2.45, 2.75) is 112 Å². The summed E-state index contributed by atoms with van der Waals surface area (Å²) >= 11 is 0. The molecule has 0 saturated carbocycles. The lowest BCUT2D eigenvalue weighted by Gasteiger charge is -2.27. The number of carbonyl (C=O) groups excluding carboxylic acids is 4. The number of anilines is 2. The molecule has 0 heterocycles. The predicted octanol–water partition coefficient (Wildman–Crippen LogP) is 8.18. The van der Waals surface area contributed by atoms with Crippen LogP contribution >= 0.6 is 0 Å². The molecule has 9 heteroatoms. The number of carbonyl (C=O) groups is 4. The summed E-state index contributed by atoms with van der Waals surface area (Å²) in [6.45, 7) is 13.1. The highest BCUT2D eigenvalue weighted by atomic mass is 16.5. The van der Waals surface area contributed by atoms with Crippen LogP contribution in [0.1, 0.15) is 108 Å². The average Bonchev–Trinajstić information content (AvgIpc) is 3.37. The first-order chi connectivity index (χ1) is 24.8. The minimum atomic E-state index is -0.976. The maximum absolute atomic E-state index is 13.2. The molecule has 2 aromatic carbocycles. The number of aryl methyl sites for hydroxylation is 2. The number of hydrogen-bond donors (Lipinski definition) is 5. The van der Waals surface area contributed by atoms with Gasteiger partial charge >= 0.3 is 0 Å². The maximum atomic E-state index is 13.2. The summed E-state index contributed by atoms with van der Waals surface area (Å²) in [4.78, 5) is 49.5. The van der Waals surface area contributed by atoms with E-state index in [2.05, 4.69) is 46.8 Å². The van der Waals surface area contributed by atoms with E-state index in [1.165, 1.54) is 43.0 Å². The second kappa shape index (κ2) is 20.5. The third-order valence-electron chi connectivity index (χ3n) is 10.2. The first kappa shape index (κ1) is 41.9. The van der Waals surface area contributed by atoms with Crippen LogP contribution < -0.4 is 21.4 Å². The van der Waals surface area contributed by atoms with Crippen molar-refractivity contribution in [2.24, 2.45) is 17.3 Å². The molecule has 3 amide bonds. The first-order valence-corrected chi connectivity index (χ1v) is 18.7. The summed E-state index contributed by atoms with van der Waals surface area (Å²) in [5.41, 5.74) is 10.6. The van der Waals surface area contributed by atoms with Crippen molar-refractivity contribution in [3.8, 4) is 0 Å². The second-order valence-electron chi connectivity index (χ2n) is 15.1. The van der Waals surface area contributed by atoms with E-state index in [4.69, 9.17) is 5.21 Å². The molecule has 2 atom stereocenters. The van der Waals surface area contributed by atoms with Gasteiger partial charge in [0.25, 0.3) is 0 Å². The third-order valence-corrected chi connectivity index (χ3v) is 10.2. The molecule has 0 saturated heterocycles. The molecule has 4 rings (SSSR count). The van der Waals surface area contributed by atoms with Gasteiger partial charge in [-0.3, -0.25) is 19.6 Å². The molecule has 5 N–H and O–H groups in total. The van der Waals surface area contributed by atoms with Crippen molar-refractivity contribution in [3.63, 3.8) is 0 Å². The van der Waals surface area contributed by atoms with Gasteiger partial charge in [0, 0.05) is 37.0 Å². The van der Waals surface area contributed by atoms with E-state index in [-0.39, 0.29) is 36.0 Å². The molecule has 0 fully saturated rings. The van der Waals surface area contributed by atoms with Crippen LogP contribution in [0.4, 0.5) is 11.4 Å². The van der Waals surface area contributed by atoms with Crippen LogP contribution in [-0.2, 0) is 44.9 Å². The number of rotatable bonds is 14. The molecule has 0 bridgehead atoms. The fourth-order valence-electron chi connectivity index (χ4n) is 7.49. The predicted molar refractivity (Wildman–Crippen MR) is 210 cm³/mol. The van der Waals surface area contributed by atoms with Gasteiger partial charge < -0.3 is 20.7 Å². The molecular formula is C43H60N4O5. The number of hydroxylamine groups is 1. The lowest BCUT2D eigenvalue weighted by Crippen LogP contribution is -2.30. The molecule has 0 aromatic heterocycles. The second-order valence-corrected chi connectivity index (χ2v) is 15.1. The van der Waals surface area contributed by atoms with Gasteiger partial charge in [-0.1, -0.05) is 63.6 Å². The van der Waals surface area contributed by atoms with Crippen molar-refractivity contribution in [2.75, 3.05) is 17.7 Å². The van der Waals surface area contributed by atoms with Crippen molar-refractivity contribution in [1.29, 1.82) is 0 Å². The Morgan fingerprint density at radius 2 is 1.46 bits per heavy atom. The van der Waals surface area contributed by atoms with Crippen LogP contribution in [0.5, 0.6) is 0 Å². The Morgan fingerprint density at radius 3 is 2.06 bits per heavy atom. The van der Waals surface area contributed by atoms with Crippen LogP contribution in [0.25, 0.3) is 0 Å². The fraction of sp³-hybridized carbons (Fsp3) is 0.488. The Bertz CT molecular complexity index is 1630. The quantitative estimate of drug-likeness (QED) is 0.0335. The topological polar surface area (TPSA) is 137 Å². The zero-order valence-electron chi connectivity index (χ0n) is 32.1. The van der Waals surface area contributed by atoms with Crippen molar-refractivity contribution in [3.05, 3.63) is 94.2 Å². The summed E-state index contributed by atoms with van der Waals surface area (Å²) in [6, 6.07) is 12.5. The zero-order chi connectivity index (χ0) is 38.3. The highest BCUT2D eigenvalue weighted by Gasteiger charge is 2.26. The summed E-state index contributed by atoms with van der Waals surface area (Å²) in [6.07, 6.45) is 15.4. The van der Waals surface area contributed by atoms with Crippen LogP contribution in [0, 0.1) is 17.3 Å². The van der Waals surface area contributed by atoms with Gasteiger partial charge in [0.15, 0.2) is 0 Å². The monoisotopic (exact) mass is 712 g/mol. The normalized spacial score (nSPS) is 15.8. The summed E-state index contributed by atoms with van der Waals surface area (Å²) < 4.78 is 0. The number of amides is 3. The lowest BCUT2D eigenvalue weighted by molar-refractivity contribution is -0.130. The highest BCUT2D eigenvalue weighted by Crippen LogP contribution is 2.32. The summed E-state index contributed by atoms with van der Waals surface area (Å²) in [7, 11) is 2.00.